The highest BCUT2D eigenvalue weighted by Gasteiger charge is 2.20. The molecule has 1 aromatic heterocycles. The van der Waals surface area contributed by atoms with Gasteiger partial charge in [-0.25, -0.2) is 0 Å². The maximum atomic E-state index is 5.44. The Balaban J connectivity index is 1.82. The Morgan fingerprint density at radius 3 is 2.81 bits per heavy atom. The van der Waals surface area contributed by atoms with Crippen LogP contribution in [0.15, 0.2) is 12.1 Å². The molecular formula is C15H19N3O3. The van der Waals surface area contributed by atoms with Crippen LogP contribution in [0.3, 0.4) is 0 Å². The summed E-state index contributed by atoms with van der Waals surface area (Å²) in [6.07, 6.45) is 0. The topological polar surface area (TPSA) is 57.5 Å². The lowest BCUT2D eigenvalue weighted by Crippen LogP contribution is -2.02. The van der Waals surface area contributed by atoms with Crippen LogP contribution in [0.2, 0.25) is 0 Å². The van der Waals surface area contributed by atoms with Gasteiger partial charge in [0.15, 0.2) is 11.5 Å². The summed E-state index contributed by atoms with van der Waals surface area (Å²) in [4.78, 5) is 0. The van der Waals surface area contributed by atoms with Crippen LogP contribution in [-0.2, 0) is 13.6 Å². The van der Waals surface area contributed by atoms with Gasteiger partial charge in [0.2, 0.25) is 12.5 Å². The number of aromatic nitrogens is 2. The molecule has 21 heavy (non-hydrogen) atoms. The van der Waals surface area contributed by atoms with Gasteiger partial charge in [-0.05, 0) is 31.5 Å². The van der Waals surface area contributed by atoms with Crippen LogP contribution >= 0.6 is 0 Å². The molecule has 1 aromatic carbocycles. The Kier molecular flexibility index (Phi) is 3.37. The minimum absolute atomic E-state index is 0.239. The van der Waals surface area contributed by atoms with Crippen LogP contribution in [0.1, 0.15) is 17.0 Å². The summed E-state index contributed by atoms with van der Waals surface area (Å²) in [6.45, 7) is 4.95. The average molecular weight is 289 g/mol. The molecule has 0 atom stereocenters. The van der Waals surface area contributed by atoms with E-state index < -0.39 is 0 Å². The van der Waals surface area contributed by atoms with Gasteiger partial charge in [-0.3, -0.25) is 4.68 Å². The van der Waals surface area contributed by atoms with E-state index in [-0.39, 0.29) is 6.79 Å². The Bertz CT molecular complexity index is 679. The number of methoxy groups -OCH3 is 1. The lowest BCUT2D eigenvalue weighted by Gasteiger charge is -2.10. The Hall–Kier alpha value is -2.37. The minimum atomic E-state index is 0.239. The lowest BCUT2D eigenvalue weighted by molar-refractivity contribution is 0.171. The van der Waals surface area contributed by atoms with Crippen LogP contribution in [0.5, 0.6) is 17.2 Å². The third kappa shape index (κ3) is 2.37. The van der Waals surface area contributed by atoms with E-state index in [0.717, 1.165) is 28.4 Å². The monoisotopic (exact) mass is 289 g/mol. The number of hydrogen-bond donors (Lipinski definition) is 1. The molecule has 0 spiro atoms. The van der Waals surface area contributed by atoms with E-state index in [4.69, 9.17) is 14.2 Å². The summed E-state index contributed by atoms with van der Waals surface area (Å²) >= 11 is 0. The Labute approximate surface area is 123 Å². The SMILES string of the molecule is COc1cc(CNc2c(C)nn(C)c2C)cc2c1OCO2. The molecule has 1 N–H and O–H groups in total. The van der Waals surface area contributed by atoms with Crippen LogP contribution in [-0.4, -0.2) is 23.7 Å². The highest BCUT2D eigenvalue weighted by molar-refractivity contribution is 5.57. The predicted molar refractivity (Wildman–Crippen MR) is 79.1 cm³/mol. The third-order valence-electron chi connectivity index (χ3n) is 3.70. The van der Waals surface area contributed by atoms with Gasteiger partial charge >= 0.3 is 0 Å². The van der Waals surface area contributed by atoms with Crippen molar-refractivity contribution in [3.05, 3.63) is 29.1 Å². The van der Waals surface area contributed by atoms with Crippen molar-refractivity contribution in [2.45, 2.75) is 20.4 Å². The number of nitrogens with zero attached hydrogens (tertiary/aromatic N) is 2. The van der Waals surface area contributed by atoms with E-state index >= 15 is 0 Å². The molecule has 0 fully saturated rings. The van der Waals surface area contributed by atoms with Crippen molar-refractivity contribution in [1.29, 1.82) is 0 Å². The molecule has 3 rings (SSSR count). The van der Waals surface area contributed by atoms with E-state index in [1.54, 1.807) is 7.11 Å². The van der Waals surface area contributed by atoms with E-state index in [9.17, 15) is 0 Å². The number of rotatable bonds is 4. The van der Waals surface area contributed by atoms with Crippen molar-refractivity contribution >= 4 is 5.69 Å². The molecule has 1 aliphatic heterocycles. The minimum Gasteiger partial charge on any atom is -0.493 e. The number of ether oxygens (including phenoxy) is 3. The lowest BCUT2D eigenvalue weighted by atomic mass is 10.1. The molecule has 2 aromatic rings. The highest BCUT2D eigenvalue weighted by Crippen LogP contribution is 2.41. The molecule has 2 heterocycles. The molecule has 1 aliphatic rings. The zero-order valence-electron chi connectivity index (χ0n) is 12.7. The maximum Gasteiger partial charge on any atom is 0.231 e. The van der Waals surface area contributed by atoms with Crippen molar-refractivity contribution in [3.8, 4) is 17.2 Å². The molecule has 0 saturated heterocycles. The van der Waals surface area contributed by atoms with Crippen molar-refractivity contribution < 1.29 is 14.2 Å². The zero-order valence-corrected chi connectivity index (χ0v) is 12.7. The fraction of sp³-hybridized carbons (Fsp3) is 0.400. The first-order chi connectivity index (χ1) is 10.1. The van der Waals surface area contributed by atoms with E-state index in [0.29, 0.717) is 18.0 Å². The number of hydrogen-bond acceptors (Lipinski definition) is 5. The second-order valence-corrected chi connectivity index (χ2v) is 5.05. The Morgan fingerprint density at radius 1 is 1.33 bits per heavy atom. The first-order valence-corrected chi connectivity index (χ1v) is 6.80. The summed E-state index contributed by atoms with van der Waals surface area (Å²) in [5, 5.41) is 7.82. The van der Waals surface area contributed by atoms with Crippen molar-refractivity contribution in [3.63, 3.8) is 0 Å². The standard InChI is InChI=1S/C15H19N3O3/c1-9-14(10(2)18(3)17-9)16-7-11-5-12(19-4)15-13(6-11)20-8-21-15/h5-6,16H,7-8H2,1-4H3. The van der Waals surface area contributed by atoms with Crippen molar-refractivity contribution in [1.82, 2.24) is 9.78 Å². The number of aryl methyl sites for hydroxylation is 2. The van der Waals surface area contributed by atoms with Crippen LogP contribution < -0.4 is 19.5 Å². The van der Waals surface area contributed by atoms with Gasteiger partial charge in [0.25, 0.3) is 0 Å². The largest absolute Gasteiger partial charge is 0.493 e. The molecule has 0 saturated carbocycles. The summed E-state index contributed by atoms with van der Waals surface area (Å²) in [5.41, 5.74) is 4.23. The predicted octanol–water partition coefficient (Wildman–Crippen LogP) is 2.39. The summed E-state index contributed by atoms with van der Waals surface area (Å²) in [6, 6.07) is 3.93. The van der Waals surface area contributed by atoms with Gasteiger partial charge in [0, 0.05) is 13.6 Å². The van der Waals surface area contributed by atoms with E-state index in [1.807, 2.05) is 37.7 Å². The van der Waals surface area contributed by atoms with Crippen LogP contribution in [0.25, 0.3) is 0 Å². The van der Waals surface area contributed by atoms with Crippen LogP contribution in [0, 0.1) is 13.8 Å². The maximum absolute atomic E-state index is 5.44. The number of fused-ring (bicyclic) bond motifs is 1. The van der Waals surface area contributed by atoms with Gasteiger partial charge in [-0.1, -0.05) is 0 Å². The molecule has 0 amide bonds. The highest BCUT2D eigenvalue weighted by atomic mass is 16.7. The normalized spacial score (nSPS) is 12.6. The second kappa shape index (κ2) is 5.20. The molecule has 112 valence electrons. The van der Waals surface area contributed by atoms with Gasteiger partial charge < -0.3 is 19.5 Å². The molecular weight excluding hydrogens is 270 g/mol. The summed E-state index contributed by atoms with van der Waals surface area (Å²) in [7, 11) is 3.57. The van der Waals surface area contributed by atoms with Gasteiger partial charge in [0.1, 0.15) is 0 Å². The average Bonchev–Trinajstić information content (AvgIpc) is 3.02. The molecule has 0 bridgehead atoms. The van der Waals surface area contributed by atoms with Gasteiger partial charge in [0.05, 0.1) is 24.2 Å². The summed E-state index contributed by atoms with van der Waals surface area (Å²) < 4.78 is 18.1. The van der Waals surface area contributed by atoms with E-state index in [2.05, 4.69) is 10.4 Å². The number of anilines is 1. The number of benzene rings is 1. The molecule has 6 heteroatoms. The van der Waals surface area contributed by atoms with Crippen molar-refractivity contribution in [2.24, 2.45) is 7.05 Å². The Morgan fingerprint density at radius 2 is 2.14 bits per heavy atom. The van der Waals surface area contributed by atoms with E-state index in [1.165, 1.54) is 0 Å². The molecule has 6 nitrogen and oxygen atoms in total. The first kappa shape index (κ1) is 13.6. The summed E-state index contributed by atoms with van der Waals surface area (Å²) in [5.74, 6) is 2.10. The third-order valence-corrected chi connectivity index (χ3v) is 3.70. The van der Waals surface area contributed by atoms with Crippen molar-refractivity contribution in [2.75, 3.05) is 19.2 Å². The molecule has 0 aliphatic carbocycles. The van der Waals surface area contributed by atoms with Crippen LogP contribution in [0.4, 0.5) is 5.69 Å². The molecule has 0 unspecified atom stereocenters. The fourth-order valence-corrected chi connectivity index (χ4v) is 2.51. The molecule has 0 radical (unpaired) electrons. The second-order valence-electron chi connectivity index (χ2n) is 5.05. The smallest absolute Gasteiger partial charge is 0.231 e. The zero-order chi connectivity index (χ0) is 15.0. The number of nitrogens with one attached hydrogen (secondary N) is 1. The quantitative estimate of drug-likeness (QED) is 0.936. The fourth-order valence-electron chi connectivity index (χ4n) is 2.51. The van der Waals surface area contributed by atoms with Gasteiger partial charge in [-0.15, -0.1) is 0 Å². The first-order valence-electron chi connectivity index (χ1n) is 6.80. The van der Waals surface area contributed by atoms with Gasteiger partial charge in [-0.2, -0.15) is 5.10 Å².